The fraction of sp³-hybridized carbons (Fsp3) is 0.840. The maximum Gasteiger partial charge on any atom is 0.303 e. The molecule has 0 aromatic heterocycles. The van der Waals surface area contributed by atoms with Gasteiger partial charge in [-0.25, -0.2) is 4.18 Å². The van der Waals surface area contributed by atoms with Crippen LogP contribution >= 0.6 is 0 Å². The second-order valence-corrected chi connectivity index (χ2v) is 10.9. The van der Waals surface area contributed by atoms with Gasteiger partial charge in [0.1, 0.15) is 0 Å². The fourth-order valence-electron chi connectivity index (χ4n) is 4.02. The van der Waals surface area contributed by atoms with Crippen LogP contribution in [0.1, 0.15) is 91.9 Å². The first-order chi connectivity index (χ1) is 17.9. The molecule has 1 rings (SSSR count). The molecule has 0 aromatic carbocycles. The first kappa shape index (κ1) is 33.8. The minimum absolute atomic E-state index is 0.333. The maximum atomic E-state index is 12.5. The molecule has 1 saturated heterocycles. The highest BCUT2D eigenvalue weighted by atomic mass is 32.2. The standard InChI is InChI=1S/C25H43NO11S/c1-5-6-7-8-9-10-11-12-13-14-15-26-22(30)17-38(31,32)37-25-24(36-20(4)29)23(35-19(3)28)21(16-33-25)34-18(2)27/h21,23-25H,5-17H2,1-4H3,(H,26,30)/t21-,23?,24+,25+/m1/s1. The molecule has 38 heavy (non-hydrogen) atoms. The molecule has 0 saturated carbocycles. The molecule has 0 radical (unpaired) electrons. The first-order valence-corrected chi connectivity index (χ1v) is 14.8. The van der Waals surface area contributed by atoms with E-state index in [2.05, 4.69) is 12.2 Å². The molecular formula is C25H43NO11S. The van der Waals surface area contributed by atoms with Gasteiger partial charge in [-0.05, 0) is 6.42 Å². The average Bonchev–Trinajstić information content (AvgIpc) is 2.80. The zero-order valence-corrected chi connectivity index (χ0v) is 23.7. The maximum absolute atomic E-state index is 12.5. The van der Waals surface area contributed by atoms with Gasteiger partial charge in [-0.1, -0.05) is 64.7 Å². The molecule has 0 bridgehead atoms. The van der Waals surface area contributed by atoms with E-state index in [0.717, 1.165) is 46.5 Å². The molecule has 1 aliphatic heterocycles. The van der Waals surface area contributed by atoms with E-state index in [1.165, 1.54) is 38.5 Å². The highest BCUT2D eigenvalue weighted by molar-refractivity contribution is 7.87. The number of rotatable bonds is 18. The van der Waals surface area contributed by atoms with Crippen LogP contribution in [0.3, 0.4) is 0 Å². The summed E-state index contributed by atoms with van der Waals surface area (Å²) >= 11 is 0. The molecule has 1 fully saturated rings. The Morgan fingerprint density at radius 3 is 1.79 bits per heavy atom. The molecular weight excluding hydrogens is 522 g/mol. The van der Waals surface area contributed by atoms with Crippen LogP contribution in [-0.2, 0) is 52.4 Å². The summed E-state index contributed by atoms with van der Waals surface area (Å²) in [5.74, 6) is -4.10. The van der Waals surface area contributed by atoms with E-state index < -0.39 is 70.9 Å². The Bertz CT molecular complexity index is 861. The van der Waals surface area contributed by atoms with Gasteiger partial charge in [0.15, 0.2) is 24.1 Å². The number of carbonyl (C=O) groups excluding carboxylic acids is 4. The number of nitrogens with one attached hydrogen (secondary N) is 1. The minimum atomic E-state index is -4.48. The Morgan fingerprint density at radius 2 is 1.26 bits per heavy atom. The molecule has 0 aromatic rings. The predicted molar refractivity (Wildman–Crippen MR) is 136 cm³/mol. The molecule has 0 spiro atoms. The number of hydrogen-bond donors (Lipinski definition) is 1. The van der Waals surface area contributed by atoms with Gasteiger partial charge in [0.2, 0.25) is 12.2 Å². The number of esters is 3. The summed E-state index contributed by atoms with van der Waals surface area (Å²) < 4.78 is 50.7. The van der Waals surface area contributed by atoms with E-state index >= 15 is 0 Å². The Hall–Kier alpha value is -2.25. The van der Waals surface area contributed by atoms with Gasteiger partial charge < -0.3 is 24.3 Å². The highest BCUT2D eigenvalue weighted by Crippen LogP contribution is 2.26. The summed E-state index contributed by atoms with van der Waals surface area (Å²) in [4.78, 5) is 46.9. The molecule has 220 valence electrons. The molecule has 13 heteroatoms. The summed E-state index contributed by atoms with van der Waals surface area (Å²) in [6.45, 7) is 5.37. The summed E-state index contributed by atoms with van der Waals surface area (Å²) in [6, 6.07) is 0. The zero-order chi connectivity index (χ0) is 28.6. The SMILES string of the molecule is CCCCCCCCCCCCNC(=O)CS(=O)(=O)O[C@@H]1OC[C@@H](OC(C)=O)C(OC(C)=O)[C@@H]1OC(C)=O. The van der Waals surface area contributed by atoms with Crippen molar-refractivity contribution < 1.29 is 50.7 Å². The fourth-order valence-corrected chi connectivity index (χ4v) is 4.97. The Morgan fingerprint density at radius 1 is 0.763 bits per heavy atom. The van der Waals surface area contributed by atoms with Crippen molar-refractivity contribution in [2.75, 3.05) is 18.9 Å². The van der Waals surface area contributed by atoms with E-state index in [9.17, 15) is 27.6 Å². The van der Waals surface area contributed by atoms with Crippen molar-refractivity contribution in [3.05, 3.63) is 0 Å². The summed E-state index contributed by atoms with van der Waals surface area (Å²) in [6.07, 6.45) is 5.50. The third-order valence-corrected chi connectivity index (χ3v) is 6.81. The van der Waals surface area contributed by atoms with Crippen molar-refractivity contribution >= 4 is 33.9 Å². The van der Waals surface area contributed by atoms with Crippen LogP contribution in [0.2, 0.25) is 0 Å². The van der Waals surface area contributed by atoms with Gasteiger partial charge in [0.25, 0.3) is 10.1 Å². The minimum Gasteiger partial charge on any atom is -0.456 e. The van der Waals surface area contributed by atoms with Crippen LogP contribution in [-0.4, -0.2) is 75.7 Å². The summed E-state index contributed by atoms with van der Waals surface area (Å²) in [7, 11) is -4.48. The van der Waals surface area contributed by atoms with Gasteiger partial charge in [-0.15, -0.1) is 0 Å². The van der Waals surface area contributed by atoms with Crippen LogP contribution in [0.15, 0.2) is 0 Å². The van der Waals surface area contributed by atoms with E-state index in [-0.39, 0.29) is 0 Å². The normalized spacial score (nSPS) is 21.4. The molecule has 1 N–H and O–H groups in total. The average molecular weight is 566 g/mol. The van der Waals surface area contributed by atoms with Crippen LogP contribution in [0.4, 0.5) is 0 Å². The predicted octanol–water partition coefficient (Wildman–Crippen LogP) is 2.52. The van der Waals surface area contributed by atoms with Gasteiger partial charge in [-0.3, -0.25) is 19.2 Å². The lowest BCUT2D eigenvalue weighted by atomic mass is 10.0. The van der Waals surface area contributed by atoms with Crippen molar-refractivity contribution in [2.24, 2.45) is 0 Å². The first-order valence-electron chi connectivity index (χ1n) is 13.3. The molecule has 12 nitrogen and oxygen atoms in total. The molecule has 4 atom stereocenters. The quantitative estimate of drug-likeness (QED) is 0.113. The Balaban J connectivity index is 2.55. The smallest absolute Gasteiger partial charge is 0.303 e. The lowest BCUT2D eigenvalue weighted by Gasteiger charge is -2.39. The second kappa shape index (κ2) is 18.1. The van der Waals surface area contributed by atoms with Crippen LogP contribution in [0.5, 0.6) is 0 Å². The number of carbonyl (C=O) groups is 4. The van der Waals surface area contributed by atoms with Crippen molar-refractivity contribution in [3.63, 3.8) is 0 Å². The topological polar surface area (TPSA) is 161 Å². The van der Waals surface area contributed by atoms with E-state index in [0.29, 0.717) is 6.54 Å². The Kier molecular flexibility index (Phi) is 16.1. The largest absolute Gasteiger partial charge is 0.456 e. The number of unbranched alkanes of at least 4 members (excludes halogenated alkanes) is 9. The van der Waals surface area contributed by atoms with Crippen molar-refractivity contribution in [3.8, 4) is 0 Å². The van der Waals surface area contributed by atoms with Gasteiger partial charge in [0.05, 0.1) is 6.61 Å². The van der Waals surface area contributed by atoms with Gasteiger partial charge in [0, 0.05) is 27.3 Å². The van der Waals surface area contributed by atoms with Crippen LogP contribution < -0.4 is 5.32 Å². The number of hydrogen-bond acceptors (Lipinski definition) is 11. The van der Waals surface area contributed by atoms with Crippen LogP contribution in [0, 0.1) is 0 Å². The molecule has 1 heterocycles. The monoisotopic (exact) mass is 565 g/mol. The van der Waals surface area contributed by atoms with E-state index in [4.69, 9.17) is 23.1 Å². The third kappa shape index (κ3) is 14.6. The highest BCUT2D eigenvalue weighted by Gasteiger charge is 2.49. The van der Waals surface area contributed by atoms with E-state index in [1.807, 2.05) is 0 Å². The van der Waals surface area contributed by atoms with Crippen molar-refractivity contribution in [1.82, 2.24) is 5.32 Å². The van der Waals surface area contributed by atoms with Crippen LogP contribution in [0.25, 0.3) is 0 Å². The van der Waals surface area contributed by atoms with E-state index in [1.54, 1.807) is 0 Å². The number of ether oxygens (including phenoxy) is 4. The molecule has 1 unspecified atom stereocenters. The Labute approximate surface area is 225 Å². The second-order valence-electron chi connectivity index (χ2n) is 9.33. The number of amides is 1. The van der Waals surface area contributed by atoms with Crippen molar-refractivity contribution in [2.45, 2.75) is 117 Å². The van der Waals surface area contributed by atoms with Gasteiger partial charge >= 0.3 is 17.9 Å². The zero-order valence-electron chi connectivity index (χ0n) is 22.9. The third-order valence-electron chi connectivity index (χ3n) is 5.71. The van der Waals surface area contributed by atoms with Gasteiger partial charge in [-0.2, -0.15) is 8.42 Å². The van der Waals surface area contributed by atoms with Crippen molar-refractivity contribution in [1.29, 1.82) is 0 Å². The molecule has 1 amide bonds. The molecule has 1 aliphatic rings. The summed E-state index contributed by atoms with van der Waals surface area (Å²) in [5, 5.41) is 2.56. The lowest BCUT2D eigenvalue weighted by Crippen LogP contribution is -2.58. The lowest BCUT2D eigenvalue weighted by molar-refractivity contribution is -0.259. The molecule has 0 aliphatic carbocycles. The summed E-state index contributed by atoms with van der Waals surface area (Å²) in [5.41, 5.74) is 0.